The Morgan fingerprint density at radius 2 is 1.79 bits per heavy atom. The highest BCUT2D eigenvalue weighted by atomic mass is 35.5. The number of carboxylic acid groups (broad SMARTS) is 1. The van der Waals surface area contributed by atoms with Crippen LogP contribution in [-0.4, -0.2) is 46.9 Å². The quantitative estimate of drug-likeness (QED) is 0.433. The van der Waals surface area contributed by atoms with Crippen molar-refractivity contribution in [3.8, 4) is 0 Å². The van der Waals surface area contributed by atoms with Crippen LogP contribution in [0.2, 0.25) is 23.2 Å². The van der Waals surface area contributed by atoms with E-state index in [1.54, 1.807) is 35.2 Å². The van der Waals surface area contributed by atoms with Crippen molar-refractivity contribution in [1.29, 1.82) is 0 Å². The van der Waals surface area contributed by atoms with E-state index in [0.29, 0.717) is 29.1 Å². The smallest absolute Gasteiger partial charge is 0.335 e. The fourth-order valence-corrected chi connectivity index (χ4v) is 4.88. The highest BCUT2D eigenvalue weighted by Gasteiger charge is 2.39. The molecule has 0 unspecified atom stereocenters. The molecule has 0 saturated carbocycles. The lowest BCUT2D eigenvalue weighted by Gasteiger charge is -2.36. The zero-order valence-corrected chi connectivity index (χ0v) is 21.6. The van der Waals surface area contributed by atoms with Crippen molar-refractivity contribution in [2.24, 2.45) is 0 Å². The van der Waals surface area contributed by atoms with Crippen LogP contribution in [-0.2, 0) is 11.3 Å². The maximum atomic E-state index is 13.6. The molecular formula is C25H31ClN2O5Si. The number of carbonyl (C=O) groups excluding carboxylic acids is 2. The minimum Gasteiger partial charge on any atom is -0.478 e. The van der Waals surface area contributed by atoms with Crippen LogP contribution in [0.5, 0.6) is 0 Å². The molecule has 2 amide bonds. The third kappa shape index (κ3) is 5.68. The Labute approximate surface area is 205 Å². The van der Waals surface area contributed by atoms with Gasteiger partial charge in [0.2, 0.25) is 5.91 Å². The number of amides is 2. The van der Waals surface area contributed by atoms with Gasteiger partial charge in [0.05, 0.1) is 16.8 Å². The fraction of sp³-hybridized carbons (Fsp3) is 0.400. The van der Waals surface area contributed by atoms with E-state index in [1.807, 2.05) is 26.9 Å². The molecule has 7 nitrogen and oxygen atoms in total. The highest BCUT2D eigenvalue weighted by Crippen LogP contribution is 2.40. The molecule has 34 heavy (non-hydrogen) atoms. The molecule has 0 fully saturated rings. The molecule has 1 aliphatic rings. The highest BCUT2D eigenvalue weighted by molar-refractivity contribution is 6.72. The van der Waals surface area contributed by atoms with Crippen LogP contribution in [0.15, 0.2) is 42.5 Å². The van der Waals surface area contributed by atoms with Gasteiger partial charge in [-0.05, 0) is 66.9 Å². The normalized spacial score (nSPS) is 16.6. The van der Waals surface area contributed by atoms with Crippen LogP contribution >= 0.6 is 11.6 Å². The maximum absolute atomic E-state index is 13.6. The van der Waals surface area contributed by atoms with Crippen LogP contribution in [0.4, 0.5) is 5.69 Å². The second kappa shape index (κ2) is 9.89. The van der Waals surface area contributed by atoms with E-state index in [1.165, 1.54) is 12.1 Å². The molecule has 1 aliphatic heterocycles. The van der Waals surface area contributed by atoms with Crippen LogP contribution in [0.1, 0.15) is 59.4 Å². The SMILES string of the molecule is CC(C)(CCC[C@@H]1C(=O)Nc2cc(Cl)ccc2C(=O)N1Cc1ccc(C(=O)O)cc1)[Si](C)(C)O. The number of nitrogens with zero attached hydrogens (tertiary/aromatic N) is 1. The van der Waals surface area contributed by atoms with Gasteiger partial charge in [-0.15, -0.1) is 0 Å². The summed E-state index contributed by atoms with van der Waals surface area (Å²) in [6, 6.07) is 10.3. The van der Waals surface area contributed by atoms with Crippen molar-refractivity contribution in [2.75, 3.05) is 5.32 Å². The largest absolute Gasteiger partial charge is 0.478 e. The van der Waals surface area contributed by atoms with Crippen molar-refractivity contribution in [2.45, 2.75) is 63.8 Å². The summed E-state index contributed by atoms with van der Waals surface area (Å²) in [5, 5.41) is 12.2. The summed E-state index contributed by atoms with van der Waals surface area (Å²) >= 11 is 6.10. The second-order valence-electron chi connectivity index (χ2n) is 9.97. The lowest BCUT2D eigenvalue weighted by molar-refractivity contribution is -0.120. The molecule has 2 aromatic rings. The molecule has 0 aromatic heterocycles. The van der Waals surface area contributed by atoms with Gasteiger partial charge in [-0.1, -0.05) is 44.0 Å². The topological polar surface area (TPSA) is 107 Å². The van der Waals surface area contributed by atoms with Gasteiger partial charge < -0.3 is 20.1 Å². The minimum atomic E-state index is -2.41. The predicted molar refractivity (Wildman–Crippen MR) is 135 cm³/mol. The van der Waals surface area contributed by atoms with Crippen LogP contribution in [0.25, 0.3) is 0 Å². The Hall–Kier alpha value is -2.68. The first-order valence-corrected chi connectivity index (χ1v) is 14.6. The summed E-state index contributed by atoms with van der Waals surface area (Å²) in [7, 11) is -2.41. The van der Waals surface area contributed by atoms with Gasteiger partial charge in [-0.3, -0.25) is 9.59 Å². The standard InChI is InChI=1S/C25H31ClN2O5Si/c1-25(2,34(3,4)33)13-5-6-21-22(29)27-20-14-18(26)11-12-19(20)23(30)28(21)15-16-7-9-17(10-8-16)24(31)32/h7-12,14,21,33H,5-6,13,15H2,1-4H3,(H,27,29)(H,31,32)/t21-/m1/s1. The molecule has 1 atom stereocenters. The number of halogens is 1. The molecule has 0 bridgehead atoms. The summed E-state index contributed by atoms with van der Waals surface area (Å²) in [6.07, 6.45) is 1.81. The number of hydrogen-bond donors (Lipinski definition) is 3. The average molecular weight is 503 g/mol. The summed E-state index contributed by atoms with van der Waals surface area (Å²) in [4.78, 5) is 50.2. The number of fused-ring (bicyclic) bond motifs is 1. The Morgan fingerprint density at radius 3 is 2.38 bits per heavy atom. The Bertz CT molecular complexity index is 1100. The van der Waals surface area contributed by atoms with E-state index >= 15 is 0 Å². The molecule has 0 radical (unpaired) electrons. The summed E-state index contributed by atoms with van der Waals surface area (Å²) < 4.78 is 0. The summed E-state index contributed by atoms with van der Waals surface area (Å²) in [5.74, 6) is -1.62. The van der Waals surface area contributed by atoms with E-state index in [0.717, 1.165) is 12.0 Å². The van der Waals surface area contributed by atoms with Crippen LogP contribution < -0.4 is 5.32 Å². The number of benzene rings is 2. The molecule has 0 spiro atoms. The van der Waals surface area contributed by atoms with Gasteiger partial charge in [0.15, 0.2) is 8.32 Å². The van der Waals surface area contributed by atoms with Crippen molar-refractivity contribution in [3.05, 3.63) is 64.2 Å². The zero-order chi connectivity index (χ0) is 25.3. The number of carboxylic acids is 1. The Balaban J connectivity index is 1.91. The molecule has 0 aliphatic carbocycles. The average Bonchev–Trinajstić information content (AvgIpc) is 2.83. The Morgan fingerprint density at radius 1 is 1.15 bits per heavy atom. The van der Waals surface area contributed by atoms with Gasteiger partial charge in [0.1, 0.15) is 6.04 Å². The number of aromatic carboxylic acids is 1. The molecule has 3 N–H and O–H groups in total. The number of anilines is 1. The van der Waals surface area contributed by atoms with Crippen molar-refractivity contribution in [3.63, 3.8) is 0 Å². The second-order valence-corrected chi connectivity index (χ2v) is 14.9. The number of hydrogen-bond acceptors (Lipinski definition) is 4. The molecule has 2 aromatic carbocycles. The minimum absolute atomic E-state index is 0.151. The van der Waals surface area contributed by atoms with Gasteiger partial charge in [-0.25, -0.2) is 4.79 Å². The molecule has 182 valence electrons. The monoisotopic (exact) mass is 502 g/mol. The van der Waals surface area contributed by atoms with E-state index in [4.69, 9.17) is 16.7 Å². The Kier molecular flexibility index (Phi) is 7.55. The fourth-order valence-electron chi connectivity index (χ4n) is 3.92. The van der Waals surface area contributed by atoms with Crippen molar-refractivity contribution >= 4 is 43.4 Å². The van der Waals surface area contributed by atoms with Crippen molar-refractivity contribution in [1.82, 2.24) is 4.90 Å². The van der Waals surface area contributed by atoms with E-state index in [2.05, 4.69) is 5.32 Å². The molecule has 1 heterocycles. The van der Waals surface area contributed by atoms with Crippen LogP contribution in [0, 0.1) is 0 Å². The number of carbonyl (C=O) groups is 3. The molecule has 3 rings (SSSR count). The third-order valence-electron chi connectivity index (χ3n) is 6.90. The van der Waals surface area contributed by atoms with Gasteiger partial charge in [0, 0.05) is 11.6 Å². The lowest BCUT2D eigenvalue weighted by atomic mass is 10.00. The van der Waals surface area contributed by atoms with E-state index < -0.39 is 20.3 Å². The first-order valence-electron chi connectivity index (χ1n) is 11.3. The zero-order valence-electron chi connectivity index (χ0n) is 19.9. The number of nitrogens with one attached hydrogen (secondary N) is 1. The van der Waals surface area contributed by atoms with Gasteiger partial charge >= 0.3 is 5.97 Å². The number of rotatable bonds is 8. The molecular weight excluding hydrogens is 472 g/mol. The lowest BCUT2D eigenvalue weighted by Crippen LogP contribution is -2.45. The third-order valence-corrected chi connectivity index (χ3v) is 10.7. The van der Waals surface area contributed by atoms with Gasteiger partial charge in [0.25, 0.3) is 5.91 Å². The maximum Gasteiger partial charge on any atom is 0.335 e. The molecule has 9 heteroatoms. The van der Waals surface area contributed by atoms with E-state index in [9.17, 15) is 19.2 Å². The van der Waals surface area contributed by atoms with Gasteiger partial charge in [-0.2, -0.15) is 0 Å². The van der Waals surface area contributed by atoms with E-state index in [-0.39, 0.29) is 29.0 Å². The molecule has 0 saturated heterocycles. The summed E-state index contributed by atoms with van der Waals surface area (Å²) in [5.41, 5.74) is 1.60. The van der Waals surface area contributed by atoms with Crippen molar-refractivity contribution < 1.29 is 24.3 Å². The first kappa shape index (κ1) is 25.9. The summed E-state index contributed by atoms with van der Waals surface area (Å²) in [6.45, 7) is 8.04. The first-order chi connectivity index (χ1) is 15.8. The predicted octanol–water partition coefficient (Wildman–Crippen LogP) is 5.15. The van der Waals surface area contributed by atoms with Crippen LogP contribution in [0.3, 0.4) is 0 Å².